The standard InChI is InChI=1S/C42H62O12/c1-3-5-7-33-35-29-39-41(53-27-23-49-19-15-45-11-9-43-13-17-47-21-25-51-39)31-37(35)34(8-6-4-2)38-32-42-40(30-36(33)38)52-26-22-48-18-14-44-10-12-46-16-20-50-24-28-54-42/h29-32H,3-28H2,1-2H3. The van der Waals surface area contributed by atoms with Gasteiger partial charge in [-0.15, -0.1) is 0 Å². The smallest absolute Gasteiger partial charge is 0.161 e. The van der Waals surface area contributed by atoms with Crippen molar-refractivity contribution in [2.45, 2.75) is 52.4 Å². The zero-order valence-electron chi connectivity index (χ0n) is 32.6. The van der Waals surface area contributed by atoms with Gasteiger partial charge in [-0.3, -0.25) is 0 Å². The molecule has 3 aromatic rings. The van der Waals surface area contributed by atoms with Crippen LogP contribution < -0.4 is 18.9 Å². The molecule has 0 saturated heterocycles. The molecule has 2 aliphatic heterocycles. The minimum absolute atomic E-state index is 0.381. The van der Waals surface area contributed by atoms with E-state index in [1.807, 2.05) is 0 Å². The SMILES string of the molecule is CCCCc1c2cc3c(cc2c(CCCC)c2cc4c(cc12)OCCOCCOCCOCCOCCO4)OCCOCCOCCOCCOCCO3. The Kier molecular flexibility index (Phi) is 19.7. The van der Waals surface area contributed by atoms with E-state index in [0.717, 1.165) is 60.1 Å². The molecule has 12 nitrogen and oxygen atoms in total. The van der Waals surface area contributed by atoms with Crippen molar-refractivity contribution in [3.8, 4) is 23.0 Å². The minimum Gasteiger partial charge on any atom is -0.487 e. The van der Waals surface area contributed by atoms with Gasteiger partial charge in [0.15, 0.2) is 23.0 Å². The molecule has 0 amide bonds. The Hall–Kier alpha value is -2.94. The first-order valence-corrected chi connectivity index (χ1v) is 20.0. The first-order valence-electron chi connectivity index (χ1n) is 20.0. The van der Waals surface area contributed by atoms with Crippen LogP contribution in [0.15, 0.2) is 24.3 Å². The first-order chi connectivity index (χ1) is 26.8. The van der Waals surface area contributed by atoms with E-state index < -0.39 is 0 Å². The zero-order valence-corrected chi connectivity index (χ0v) is 32.6. The van der Waals surface area contributed by atoms with Crippen molar-refractivity contribution < 1.29 is 56.8 Å². The van der Waals surface area contributed by atoms with Crippen LogP contribution in [0, 0.1) is 0 Å². The molecule has 0 saturated carbocycles. The monoisotopic (exact) mass is 758 g/mol. The fourth-order valence-corrected chi connectivity index (χ4v) is 6.47. The van der Waals surface area contributed by atoms with Gasteiger partial charge in [0.2, 0.25) is 0 Å². The second-order valence-corrected chi connectivity index (χ2v) is 13.1. The average molecular weight is 759 g/mol. The third-order valence-electron chi connectivity index (χ3n) is 9.20. The number of rotatable bonds is 6. The van der Waals surface area contributed by atoms with Crippen LogP contribution in [0.2, 0.25) is 0 Å². The molecule has 0 fully saturated rings. The number of hydrogen-bond acceptors (Lipinski definition) is 12. The van der Waals surface area contributed by atoms with E-state index in [4.69, 9.17) is 56.8 Å². The summed E-state index contributed by atoms with van der Waals surface area (Å²) < 4.78 is 71.3. The minimum atomic E-state index is 0.381. The van der Waals surface area contributed by atoms with Gasteiger partial charge >= 0.3 is 0 Å². The average Bonchev–Trinajstić information content (AvgIpc) is 3.18. The van der Waals surface area contributed by atoms with E-state index in [2.05, 4.69) is 38.1 Å². The van der Waals surface area contributed by atoms with Crippen molar-refractivity contribution in [3.63, 3.8) is 0 Å². The topological polar surface area (TPSA) is 111 Å². The maximum Gasteiger partial charge on any atom is 0.161 e. The molecule has 0 unspecified atom stereocenters. The maximum atomic E-state index is 6.41. The summed E-state index contributed by atoms with van der Waals surface area (Å²) in [6.45, 7) is 13.8. The molecule has 0 radical (unpaired) electrons. The van der Waals surface area contributed by atoms with Gasteiger partial charge in [-0.2, -0.15) is 0 Å². The number of benzene rings is 3. The second-order valence-electron chi connectivity index (χ2n) is 13.1. The molecule has 5 rings (SSSR count). The van der Waals surface area contributed by atoms with Crippen molar-refractivity contribution in [1.29, 1.82) is 0 Å². The van der Waals surface area contributed by atoms with Crippen LogP contribution >= 0.6 is 0 Å². The highest BCUT2D eigenvalue weighted by Crippen LogP contribution is 2.44. The van der Waals surface area contributed by atoms with Crippen molar-refractivity contribution in [2.75, 3.05) is 132 Å². The number of ether oxygens (including phenoxy) is 12. The van der Waals surface area contributed by atoms with E-state index in [-0.39, 0.29) is 0 Å². The van der Waals surface area contributed by atoms with Gasteiger partial charge in [-0.25, -0.2) is 0 Å². The molecule has 0 aliphatic carbocycles. The lowest BCUT2D eigenvalue weighted by molar-refractivity contribution is -0.00840. The molecule has 12 heteroatoms. The largest absolute Gasteiger partial charge is 0.487 e. The fraction of sp³-hybridized carbons (Fsp3) is 0.667. The molecule has 2 aliphatic rings. The molecule has 302 valence electrons. The Labute approximate surface area is 320 Å². The highest BCUT2D eigenvalue weighted by Gasteiger charge is 2.21. The summed E-state index contributed by atoms with van der Waals surface area (Å²) in [4.78, 5) is 0. The van der Waals surface area contributed by atoms with Gasteiger partial charge < -0.3 is 56.8 Å². The Balaban J connectivity index is 1.55. The summed E-state index contributed by atoms with van der Waals surface area (Å²) >= 11 is 0. The number of unbranched alkanes of at least 4 members (excludes halogenated alkanes) is 2. The molecule has 3 aromatic carbocycles. The summed E-state index contributed by atoms with van der Waals surface area (Å²) in [5.74, 6) is 2.75. The Morgan fingerprint density at radius 3 is 0.722 bits per heavy atom. The number of aryl methyl sites for hydroxylation is 2. The quantitative estimate of drug-likeness (QED) is 0.261. The number of hydrogen-bond donors (Lipinski definition) is 0. The molecule has 54 heavy (non-hydrogen) atoms. The van der Waals surface area contributed by atoms with E-state index >= 15 is 0 Å². The maximum absolute atomic E-state index is 6.41. The van der Waals surface area contributed by atoms with Crippen LogP contribution in [0.5, 0.6) is 23.0 Å². The lowest BCUT2D eigenvalue weighted by atomic mass is 9.87. The first kappa shape index (κ1) is 42.2. The predicted molar refractivity (Wildman–Crippen MR) is 207 cm³/mol. The predicted octanol–water partition coefficient (Wildman–Crippen LogP) is 6.35. The van der Waals surface area contributed by atoms with Crippen molar-refractivity contribution >= 4 is 21.5 Å². The summed E-state index contributed by atoms with van der Waals surface area (Å²) in [6.07, 6.45) is 6.00. The van der Waals surface area contributed by atoms with Crippen LogP contribution in [0.25, 0.3) is 21.5 Å². The third kappa shape index (κ3) is 13.7. The molecule has 0 aromatic heterocycles. The molecule has 0 atom stereocenters. The van der Waals surface area contributed by atoms with Crippen LogP contribution in [0.3, 0.4) is 0 Å². The second kappa shape index (κ2) is 25.3. The molecule has 2 heterocycles. The van der Waals surface area contributed by atoms with Crippen molar-refractivity contribution in [2.24, 2.45) is 0 Å². The number of fused-ring (bicyclic) bond motifs is 4. The van der Waals surface area contributed by atoms with Crippen molar-refractivity contribution in [3.05, 3.63) is 35.4 Å². The molecule has 0 N–H and O–H groups in total. The lowest BCUT2D eigenvalue weighted by Crippen LogP contribution is -2.16. The van der Waals surface area contributed by atoms with E-state index in [9.17, 15) is 0 Å². The third-order valence-corrected chi connectivity index (χ3v) is 9.20. The Bertz CT molecular complexity index is 1290. The van der Waals surface area contributed by atoms with Crippen LogP contribution in [0.4, 0.5) is 0 Å². The summed E-state index contributed by atoms with van der Waals surface area (Å²) in [7, 11) is 0. The van der Waals surface area contributed by atoms with Gasteiger partial charge in [0.25, 0.3) is 0 Å². The fourth-order valence-electron chi connectivity index (χ4n) is 6.47. The molecule has 0 spiro atoms. The van der Waals surface area contributed by atoms with Crippen LogP contribution in [0.1, 0.15) is 50.7 Å². The lowest BCUT2D eigenvalue weighted by Gasteiger charge is -2.22. The normalized spacial score (nSPS) is 19.0. The summed E-state index contributed by atoms with van der Waals surface area (Å²) in [6, 6.07) is 8.66. The molecular weight excluding hydrogens is 696 g/mol. The van der Waals surface area contributed by atoms with Gasteiger partial charge in [-0.05, 0) is 82.6 Å². The highest BCUT2D eigenvalue weighted by molar-refractivity contribution is 6.08. The summed E-state index contributed by atoms with van der Waals surface area (Å²) in [5.41, 5.74) is 2.51. The zero-order chi connectivity index (χ0) is 37.5. The van der Waals surface area contributed by atoms with E-state index in [0.29, 0.717) is 155 Å². The van der Waals surface area contributed by atoms with Gasteiger partial charge in [-0.1, -0.05) is 26.7 Å². The summed E-state index contributed by atoms with van der Waals surface area (Å²) in [5, 5.41) is 4.65. The van der Waals surface area contributed by atoms with Gasteiger partial charge in [0.05, 0.1) is 106 Å². The van der Waals surface area contributed by atoms with E-state index in [1.54, 1.807) is 0 Å². The van der Waals surface area contributed by atoms with E-state index in [1.165, 1.54) is 11.1 Å². The van der Waals surface area contributed by atoms with Crippen LogP contribution in [-0.4, -0.2) is 132 Å². The van der Waals surface area contributed by atoms with Gasteiger partial charge in [0, 0.05) is 0 Å². The van der Waals surface area contributed by atoms with Crippen molar-refractivity contribution in [1.82, 2.24) is 0 Å². The Morgan fingerprint density at radius 1 is 0.315 bits per heavy atom. The Morgan fingerprint density at radius 2 is 0.519 bits per heavy atom. The molecule has 0 bridgehead atoms. The highest BCUT2D eigenvalue weighted by atomic mass is 16.6. The van der Waals surface area contributed by atoms with Crippen LogP contribution in [-0.2, 0) is 50.7 Å². The molecular formula is C42H62O12. The van der Waals surface area contributed by atoms with Gasteiger partial charge in [0.1, 0.15) is 26.4 Å².